The first-order valence-electron chi connectivity index (χ1n) is 5.08. The third-order valence-electron chi connectivity index (χ3n) is 2.30. The third kappa shape index (κ3) is 3.63. The Morgan fingerprint density at radius 3 is 2.65 bits per heavy atom. The van der Waals surface area contributed by atoms with Crippen LogP contribution in [0.25, 0.3) is 0 Å². The molecule has 0 bridgehead atoms. The lowest BCUT2D eigenvalue weighted by Crippen LogP contribution is -1.99. The number of rotatable bonds is 3. The van der Waals surface area contributed by atoms with Crippen molar-refractivity contribution in [3.63, 3.8) is 0 Å². The molecule has 0 aliphatic heterocycles. The number of halogens is 3. The molecule has 0 heterocycles. The van der Waals surface area contributed by atoms with E-state index in [1.807, 2.05) is 18.2 Å². The number of benzene rings is 2. The van der Waals surface area contributed by atoms with Gasteiger partial charge in [0.1, 0.15) is 0 Å². The van der Waals surface area contributed by atoms with Crippen molar-refractivity contribution in [2.75, 3.05) is 5.32 Å². The molecule has 0 saturated carbocycles. The van der Waals surface area contributed by atoms with Crippen LogP contribution in [0.2, 0.25) is 10.0 Å². The first-order valence-corrected chi connectivity index (χ1v) is 6.63. The van der Waals surface area contributed by atoms with E-state index in [1.54, 1.807) is 12.1 Å². The average molecular weight is 331 g/mol. The van der Waals surface area contributed by atoms with Gasteiger partial charge in [-0.25, -0.2) is 0 Å². The standard InChI is InChI=1S/C13H10BrCl2N/c14-10-3-1-2-9(6-10)8-17-13-7-11(15)4-5-12(13)16/h1-7,17H,8H2. The van der Waals surface area contributed by atoms with Gasteiger partial charge in [-0.1, -0.05) is 51.3 Å². The molecule has 0 atom stereocenters. The van der Waals surface area contributed by atoms with E-state index >= 15 is 0 Å². The Balaban J connectivity index is 2.09. The molecule has 0 fully saturated rings. The van der Waals surface area contributed by atoms with Crippen molar-refractivity contribution in [1.29, 1.82) is 0 Å². The van der Waals surface area contributed by atoms with Gasteiger partial charge >= 0.3 is 0 Å². The predicted molar refractivity (Wildman–Crippen MR) is 77.9 cm³/mol. The van der Waals surface area contributed by atoms with Crippen molar-refractivity contribution in [3.05, 3.63) is 62.5 Å². The zero-order valence-corrected chi connectivity index (χ0v) is 12.0. The highest BCUT2D eigenvalue weighted by atomic mass is 79.9. The first-order chi connectivity index (χ1) is 8.15. The SMILES string of the molecule is Clc1ccc(Cl)c(NCc2cccc(Br)c2)c1. The molecule has 1 N–H and O–H groups in total. The minimum atomic E-state index is 0.671. The summed E-state index contributed by atoms with van der Waals surface area (Å²) in [4.78, 5) is 0. The monoisotopic (exact) mass is 329 g/mol. The van der Waals surface area contributed by atoms with Crippen LogP contribution in [-0.4, -0.2) is 0 Å². The Kier molecular flexibility index (Phi) is 4.32. The number of anilines is 1. The molecule has 2 aromatic carbocycles. The lowest BCUT2D eigenvalue weighted by molar-refractivity contribution is 1.15. The summed E-state index contributed by atoms with van der Waals surface area (Å²) in [5.74, 6) is 0. The van der Waals surface area contributed by atoms with E-state index in [-0.39, 0.29) is 0 Å². The topological polar surface area (TPSA) is 12.0 Å². The van der Waals surface area contributed by atoms with Crippen molar-refractivity contribution >= 4 is 44.8 Å². The van der Waals surface area contributed by atoms with E-state index in [1.165, 1.54) is 5.56 Å². The van der Waals surface area contributed by atoms with Gasteiger partial charge in [0.15, 0.2) is 0 Å². The quantitative estimate of drug-likeness (QED) is 0.797. The minimum Gasteiger partial charge on any atom is -0.380 e. The molecule has 1 nitrogen and oxygen atoms in total. The molecular weight excluding hydrogens is 321 g/mol. The molecule has 0 unspecified atom stereocenters. The average Bonchev–Trinajstić information content (AvgIpc) is 2.30. The maximum atomic E-state index is 6.06. The molecule has 0 amide bonds. The second-order valence-electron chi connectivity index (χ2n) is 3.61. The second kappa shape index (κ2) is 5.76. The van der Waals surface area contributed by atoms with Crippen molar-refractivity contribution < 1.29 is 0 Å². The molecule has 0 aliphatic carbocycles. The molecule has 4 heteroatoms. The highest BCUT2D eigenvalue weighted by Gasteiger charge is 2.01. The van der Waals surface area contributed by atoms with E-state index < -0.39 is 0 Å². The largest absolute Gasteiger partial charge is 0.380 e. The van der Waals surface area contributed by atoms with Crippen LogP contribution in [0, 0.1) is 0 Å². The van der Waals surface area contributed by atoms with Crippen LogP contribution >= 0.6 is 39.1 Å². The molecule has 0 aromatic heterocycles. The van der Waals surface area contributed by atoms with Crippen LogP contribution in [-0.2, 0) is 6.54 Å². The van der Waals surface area contributed by atoms with E-state index in [4.69, 9.17) is 23.2 Å². The predicted octanol–water partition coefficient (Wildman–Crippen LogP) is 5.37. The Morgan fingerprint density at radius 2 is 1.88 bits per heavy atom. The van der Waals surface area contributed by atoms with Crippen molar-refractivity contribution in [2.45, 2.75) is 6.54 Å². The lowest BCUT2D eigenvalue weighted by atomic mass is 10.2. The molecule has 0 saturated heterocycles. The van der Waals surface area contributed by atoms with Gasteiger partial charge in [-0.2, -0.15) is 0 Å². The Morgan fingerprint density at radius 1 is 1.06 bits per heavy atom. The number of hydrogen-bond acceptors (Lipinski definition) is 1. The second-order valence-corrected chi connectivity index (χ2v) is 5.37. The van der Waals surface area contributed by atoms with E-state index in [9.17, 15) is 0 Å². The van der Waals surface area contributed by atoms with Crippen molar-refractivity contribution in [1.82, 2.24) is 0 Å². The van der Waals surface area contributed by atoms with Crippen LogP contribution < -0.4 is 5.32 Å². The molecule has 2 rings (SSSR count). The summed E-state index contributed by atoms with van der Waals surface area (Å²) in [6, 6.07) is 13.5. The van der Waals surface area contributed by atoms with Crippen LogP contribution in [0.15, 0.2) is 46.9 Å². The molecule has 0 spiro atoms. The lowest BCUT2D eigenvalue weighted by Gasteiger charge is -2.09. The molecule has 0 aliphatic rings. The zero-order chi connectivity index (χ0) is 12.3. The molecule has 88 valence electrons. The fraction of sp³-hybridized carbons (Fsp3) is 0.0769. The van der Waals surface area contributed by atoms with Gasteiger partial charge in [-0.3, -0.25) is 0 Å². The van der Waals surface area contributed by atoms with E-state index in [0.29, 0.717) is 16.6 Å². The Hall–Kier alpha value is -0.700. The maximum absolute atomic E-state index is 6.06. The van der Waals surface area contributed by atoms with Crippen molar-refractivity contribution in [2.24, 2.45) is 0 Å². The van der Waals surface area contributed by atoms with Crippen LogP contribution in [0.5, 0.6) is 0 Å². The smallest absolute Gasteiger partial charge is 0.0638 e. The van der Waals surface area contributed by atoms with Gasteiger partial charge in [0.05, 0.1) is 10.7 Å². The Labute approximate surface area is 119 Å². The zero-order valence-electron chi connectivity index (χ0n) is 8.88. The summed E-state index contributed by atoms with van der Waals surface area (Å²) >= 11 is 15.4. The summed E-state index contributed by atoms with van der Waals surface area (Å²) in [6.45, 7) is 0.708. The van der Waals surface area contributed by atoms with E-state index in [2.05, 4.69) is 33.4 Å². The van der Waals surface area contributed by atoms with Gasteiger partial charge in [0.25, 0.3) is 0 Å². The van der Waals surface area contributed by atoms with Crippen molar-refractivity contribution in [3.8, 4) is 0 Å². The number of nitrogens with one attached hydrogen (secondary N) is 1. The maximum Gasteiger partial charge on any atom is 0.0638 e. The summed E-state index contributed by atoms with van der Waals surface area (Å²) in [5.41, 5.74) is 2.02. The number of hydrogen-bond donors (Lipinski definition) is 1. The van der Waals surface area contributed by atoms with Crippen LogP contribution in [0.3, 0.4) is 0 Å². The van der Waals surface area contributed by atoms with Gasteiger partial charge in [0.2, 0.25) is 0 Å². The van der Waals surface area contributed by atoms with Gasteiger partial charge in [0, 0.05) is 16.0 Å². The highest BCUT2D eigenvalue weighted by Crippen LogP contribution is 2.26. The molecule has 17 heavy (non-hydrogen) atoms. The first kappa shape index (κ1) is 12.7. The van der Waals surface area contributed by atoms with Crippen LogP contribution in [0.4, 0.5) is 5.69 Å². The molecular formula is C13H10BrCl2N. The van der Waals surface area contributed by atoms with Gasteiger partial charge in [-0.15, -0.1) is 0 Å². The van der Waals surface area contributed by atoms with Crippen LogP contribution in [0.1, 0.15) is 5.56 Å². The molecule has 2 aromatic rings. The Bertz CT molecular complexity index is 529. The summed E-state index contributed by atoms with van der Waals surface area (Å²) in [7, 11) is 0. The van der Waals surface area contributed by atoms with Gasteiger partial charge < -0.3 is 5.32 Å². The van der Waals surface area contributed by atoms with E-state index in [0.717, 1.165) is 10.2 Å². The normalized spacial score (nSPS) is 10.3. The fourth-order valence-corrected chi connectivity index (χ4v) is 2.28. The summed E-state index contributed by atoms with van der Waals surface area (Å²) < 4.78 is 1.06. The summed E-state index contributed by atoms with van der Waals surface area (Å²) in [5, 5.41) is 4.60. The highest BCUT2D eigenvalue weighted by molar-refractivity contribution is 9.10. The fourth-order valence-electron chi connectivity index (χ4n) is 1.48. The summed E-state index contributed by atoms with van der Waals surface area (Å²) in [6.07, 6.45) is 0. The van der Waals surface area contributed by atoms with Gasteiger partial charge in [-0.05, 0) is 35.9 Å². The third-order valence-corrected chi connectivity index (χ3v) is 3.36. The molecule has 0 radical (unpaired) electrons. The minimum absolute atomic E-state index is 0.671.